The maximum atomic E-state index is 12.7. The Morgan fingerprint density at radius 2 is 1.79 bits per heavy atom. The Morgan fingerprint density at radius 3 is 2.50 bits per heavy atom. The molecule has 6 nitrogen and oxygen atoms in total. The standard InChI is InChI=1S/C21H21ClN2O4/c22-16-3-5-17(6-4-16)27-15-19-7-8-20(28-19)21(25)24-11-9-23(10-12-24)14-18-2-1-13-26-18/h1-8,13H,9-12,14-15H2. The summed E-state index contributed by atoms with van der Waals surface area (Å²) < 4.78 is 16.7. The Bertz CT molecular complexity index is 897. The number of halogens is 1. The lowest BCUT2D eigenvalue weighted by Gasteiger charge is -2.33. The van der Waals surface area contributed by atoms with E-state index in [1.54, 1.807) is 42.7 Å². The summed E-state index contributed by atoms with van der Waals surface area (Å²) in [5.74, 6) is 2.50. The van der Waals surface area contributed by atoms with Crippen molar-refractivity contribution >= 4 is 17.5 Å². The lowest BCUT2D eigenvalue weighted by atomic mass is 10.2. The Labute approximate surface area is 168 Å². The predicted octanol–water partition coefficient (Wildman–Crippen LogP) is 4.06. The van der Waals surface area contributed by atoms with Gasteiger partial charge in [0.15, 0.2) is 5.76 Å². The molecule has 0 radical (unpaired) electrons. The number of amides is 1. The molecular formula is C21H21ClN2O4. The Morgan fingerprint density at radius 1 is 1.00 bits per heavy atom. The first kappa shape index (κ1) is 18.7. The lowest BCUT2D eigenvalue weighted by Crippen LogP contribution is -2.48. The van der Waals surface area contributed by atoms with Gasteiger partial charge in [0, 0.05) is 31.2 Å². The van der Waals surface area contributed by atoms with Crippen molar-refractivity contribution in [3.8, 4) is 5.75 Å². The van der Waals surface area contributed by atoms with E-state index in [1.165, 1.54) is 0 Å². The molecule has 28 heavy (non-hydrogen) atoms. The predicted molar refractivity (Wildman–Crippen MR) is 104 cm³/mol. The first-order valence-electron chi connectivity index (χ1n) is 9.18. The van der Waals surface area contributed by atoms with E-state index in [2.05, 4.69) is 4.90 Å². The van der Waals surface area contributed by atoms with E-state index < -0.39 is 0 Å². The number of ether oxygens (including phenoxy) is 1. The van der Waals surface area contributed by atoms with E-state index in [-0.39, 0.29) is 12.5 Å². The second kappa shape index (κ2) is 8.54. The van der Waals surface area contributed by atoms with Crippen LogP contribution in [0.25, 0.3) is 0 Å². The molecule has 2 aromatic heterocycles. The van der Waals surface area contributed by atoms with Gasteiger partial charge < -0.3 is 18.5 Å². The van der Waals surface area contributed by atoms with Gasteiger partial charge in [-0.1, -0.05) is 11.6 Å². The molecule has 1 fully saturated rings. The van der Waals surface area contributed by atoms with Crippen LogP contribution in [0.2, 0.25) is 5.02 Å². The van der Waals surface area contributed by atoms with Gasteiger partial charge in [0.2, 0.25) is 0 Å². The van der Waals surface area contributed by atoms with Crippen LogP contribution < -0.4 is 4.74 Å². The van der Waals surface area contributed by atoms with Crippen LogP contribution in [0.4, 0.5) is 0 Å². The molecule has 1 aliphatic heterocycles. The number of piperazine rings is 1. The highest BCUT2D eigenvalue weighted by Crippen LogP contribution is 2.19. The van der Waals surface area contributed by atoms with Gasteiger partial charge in [-0.05, 0) is 48.5 Å². The molecule has 1 aliphatic rings. The SMILES string of the molecule is O=C(c1ccc(COc2ccc(Cl)cc2)o1)N1CCN(Cc2ccco2)CC1. The van der Waals surface area contributed by atoms with E-state index >= 15 is 0 Å². The summed E-state index contributed by atoms with van der Waals surface area (Å²) in [6.45, 7) is 3.96. The minimum absolute atomic E-state index is 0.0876. The van der Waals surface area contributed by atoms with Gasteiger partial charge in [0.05, 0.1) is 12.8 Å². The molecule has 1 aromatic carbocycles. The third kappa shape index (κ3) is 4.58. The third-order valence-corrected chi connectivity index (χ3v) is 4.94. The number of nitrogens with zero attached hydrogens (tertiary/aromatic N) is 2. The molecule has 0 atom stereocenters. The average molecular weight is 401 g/mol. The molecule has 1 saturated heterocycles. The molecule has 4 rings (SSSR count). The molecule has 3 aromatic rings. The molecular weight excluding hydrogens is 380 g/mol. The largest absolute Gasteiger partial charge is 0.486 e. The third-order valence-electron chi connectivity index (χ3n) is 4.69. The van der Waals surface area contributed by atoms with E-state index in [0.29, 0.717) is 35.4 Å². The highest BCUT2D eigenvalue weighted by Gasteiger charge is 2.24. The van der Waals surface area contributed by atoms with E-state index in [4.69, 9.17) is 25.2 Å². The zero-order chi connectivity index (χ0) is 19.3. The van der Waals surface area contributed by atoms with Crippen molar-refractivity contribution < 1.29 is 18.4 Å². The van der Waals surface area contributed by atoms with E-state index in [9.17, 15) is 4.79 Å². The van der Waals surface area contributed by atoms with Crippen LogP contribution in [0.5, 0.6) is 5.75 Å². The number of rotatable bonds is 6. The Kier molecular flexibility index (Phi) is 5.69. The maximum Gasteiger partial charge on any atom is 0.289 e. The van der Waals surface area contributed by atoms with Crippen molar-refractivity contribution in [1.29, 1.82) is 0 Å². The van der Waals surface area contributed by atoms with Crippen LogP contribution >= 0.6 is 11.6 Å². The Balaban J connectivity index is 1.27. The van der Waals surface area contributed by atoms with Crippen molar-refractivity contribution in [2.45, 2.75) is 13.2 Å². The van der Waals surface area contributed by atoms with Crippen molar-refractivity contribution in [1.82, 2.24) is 9.80 Å². The summed E-state index contributed by atoms with van der Waals surface area (Å²) >= 11 is 5.86. The minimum Gasteiger partial charge on any atom is -0.486 e. The second-order valence-corrected chi connectivity index (χ2v) is 7.09. The lowest BCUT2D eigenvalue weighted by molar-refractivity contribution is 0.0586. The smallest absolute Gasteiger partial charge is 0.289 e. The molecule has 146 valence electrons. The molecule has 0 unspecified atom stereocenters. The average Bonchev–Trinajstić information content (AvgIpc) is 3.40. The maximum absolute atomic E-state index is 12.7. The summed E-state index contributed by atoms with van der Waals surface area (Å²) in [5.41, 5.74) is 0. The summed E-state index contributed by atoms with van der Waals surface area (Å²) in [6.07, 6.45) is 1.68. The number of furan rings is 2. The van der Waals surface area contributed by atoms with Crippen LogP contribution in [0.3, 0.4) is 0 Å². The van der Waals surface area contributed by atoms with Gasteiger partial charge in [0.25, 0.3) is 5.91 Å². The fourth-order valence-electron chi connectivity index (χ4n) is 3.14. The second-order valence-electron chi connectivity index (χ2n) is 6.66. The van der Waals surface area contributed by atoms with Crippen molar-refractivity contribution in [3.63, 3.8) is 0 Å². The topological polar surface area (TPSA) is 59.1 Å². The minimum atomic E-state index is -0.0876. The molecule has 0 bridgehead atoms. The van der Waals surface area contributed by atoms with Crippen LogP contribution in [0.1, 0.15) is 22.1 Å². The van der Waals surface area contributed by atoms with Crippen LogP contribution in [-0.2, 0) is 13.2 Å². The van der Waals surface area contributed by atoms with Gasteiger partial charge in [-0.25, -0.2) is 0 Å². The first-order valence-corrected chi connectivity index (χ1v) is 9.56. The highest BCUT2D eigenvalue weighted by molar-refractivity contribution is 6.30. The molecule has 0 N–H and O–H groups in total. The first-order chi connectivity index (χ1) is 13.7. The van der Waals surface area contributed by atoms with Gasteiger partial charge in [0.1, 0.15) is 23.9 Å². The van der Waals surface area contributed by atoms with Crippen molar-refractivity contribution in [2.24, 2.45) is 0 Å². The summed E-state index contributed by atoms with van der Waals surface area (Å²) in [7, 11) is 0. The van der Waals surface area contributed by atoms with Crippen LogP contribution in [0, 0.1) is 0 Å². The fourth-order valence-corrected chi connectivity index (χ4v) is 3.27. The van der Waals surface area contributed by atoms with Crippen LogP contribution in [-0.4, -0.2) is 41.9 Å². The summed E-state index contributed by atoms with van der Waals surface area (Å²) in [4.78, 5) is 16.8. The normalized spacial score (nSPS) is 15.0. The molecule has 3 heterocycles. The van der Waals surface area contributed by atoms with Gasteiger partial charge in [-0.15, -0.1) is 0 Å². The fraction of sp³-hybridized carbons (Fsp3) is 0.286. The number of hydrogen-bond acceptors (Lipinski definition) is 5. The Hall–Kier alpha value is -2.70. The molecule has 0 saturated carbocycles. The van der Waals surface area contributed by atoms with Crippen LogP contribution in [0.15, 0.2) is 63.6 Å². The zero-order valence-corrected chi connectivity index (χ0v) is 16.1. The highest BCUT2D eigenvalue weighted by atomic mass is 35.5. The quantitative estimate of drug-likeness (QED) is 0.624. The van der Waals surface area contributed by atoms with Gasteiger partial charge in [-0.2, -0.15) is 0 Å². The number of carbonyl (C=O) groups is 1. The van der Waals surface area contributed by atoms with Crippen molar-refractivity contribution in [3.05, 3.63) is 77.1 Å². The number of benzene rings is 1. The summed E-state index contributed by atoms with van der Waals surface area (Å²) in [5, 5.41) is 0.655. The number of carbonyl (C=O) groups excluding carboxylic acids is 1. The molecule has 7 heteroatoms. The summed E-state index contributed by atoms with van der Waals surface area (Å²) in [6, 6.07) is 14.4. The monoisotopic (exact) mass is 400 g/mol. The van der Waals surface area contributed by atoms with E-state index in [0.717, 1.165) is 25.4 Å². The molecule has 0 spiro atoms. The number of hydrogen-bond donors (Lipinski definition) is 0. The molecule has 1 amide bonds. The molecule has 0 aliphatic carbocycles. The zero-order valence-electron chi connectivity index (χ0n) is 15.3. The van der Waals surface area contributed by atoms with E-state index in [1.807, 2.05) is 17.0 Å². The van der Waals surface area contributed by atoms with Gasteiger partial charge in [-0.3, -0.25) is 9.69 Å². The van der Waals surface area contributed by atoms with Crippen molar-refractivity contribution in [2.75, 3.05) is 26.2 Å². The van der Waals surface area contributed by atoms with Gasteiger partial charge >= 0.3 is 0 Å².